The first-order valence-corrected chi connectivity index (χ1v) is 16.3. The van der Waals surface area contributed by atoms with E-state index in [1.807, 2.05) is 0 Å². The van der Waals surface area contributed by atoms with Crippen LogP contribution in [0.3, 0.4) is 0 Å². The van der Waals surface area contributed by atoms with Crippen LogP contribution in [0.2, 0.25) is 0 Å². The van der Waals surface area contributed by atoms with Gasteiger partial charge in [-0.2, -0.15) is 0 Å². The van der Waals surface area contributed by atoms with Crippen molar-refractivity contribution in [3.05, 3.63) is 112 Å². The molecule has 8 N–H and O–H groups in total. The molecule has 0 spiro atoms. The minimum atomic E-state index is -2.05. The highest BCUT2D eigenvalue weighted by Crippen LogP contribution is 2.39. The van der Waals surface area contributed by atoms with Crippen LogP contribution in [0.4, 0.5) is 0 Å². The Morgan fingerprint density at radius 3 is 1.93 bits per heavy atom. The van der Waals surface area contributed by atoms with E-state index in [4.69, 9.17) is 23.4 Å². The lowest BCUT2D eigenvalue weighted by molar-refractivity contribution is -0.281. The number of ether oxygens (including phenoxy) is 4. The van der Waals surface area contributed by atoms with E-state index < -0.39 is 94.6 Å². The van der Waals surface area contributed by atoms with Gasteiger partial charge in [0.1, 0.15) is 52.8 Å². The van der Waals surface area contributed by atoms with Crippen LogP contribution in [0, 0.1) is 0 Å². The molecule has 6 rings (SSSR count). The third-order valence-electron chi connectivity index (χ3n) is 8.28. The summed E-state index contributed by atoms with van der Waals surface area (Å²) in [6.07, 6.45) is -4.55. The Labute approximate surface area is 309 Å². The van der Waals surface area contributed by atoms with E-state index in [1.54, 1.807) is 0 Å². The van der Waals surface area contributed by atoms with Gasteiger partial charge >= 0.3 is 11.9 Å². The van der Waals surface area contributed by atoms with E-state index in [0.29, 0.717) is 11.1 Å². The second-order valence-corrected chi connectivity index (χ2v) is 12.2. The number of aliphatic hydroxyl groups is 2. The van der Waals surface area contributed by atoms with Gasteiger partial charge in [0.25, 0.3) is 0 Å². The highest BCUT2D eigenvalue weighted by atomic mass is 16.7. The number of rotatable bonds is 10. The Balaban J connectivity index is 1.33. The number of benzene rings is 4. The molecule has 5 atom stereocenters. The second kappa shape index (κ2) is 15.9. The fourth-order valence-electron chi connectivity index (χ4n) is 5.51. The highest BCUT2D eigenvalue weighted by Gasteiger charge is 2.49. The first-order chi connectivity index (χ1) is 26.3. The van der Waals surface area contributed by atoms with E-state index >= 15 is 0 Å². The lowest BCUT2D eigenvalue weighted by Gasteiger charge is -2.41. The van der Waals surface area contributed by atoms with Crippen LogP contribution in [-0.4, -0.2) is 90.1 Å². The zero-order valence-electron chi connectivity index (χ0n) is 28.3. The Hall–Kier alpha value is -7.01. The van der Waals surface area contributed by atoms with Gasteiger partial charge in [0.2, 0.25) is 17.5 Å². The van der Waals surface area contributed by atoms with E-state index in [0.717, 1.165) is 36.4 Å². The standard InChI is InChI=1S/C39H32O16/c40-22-8-1-19(2-9-22)5-13-30(46)51-18-29-33(48)37(54-31(47)14-6-20-3-10-23(41)11-4-20)35(50)39(53-29)55-38-34(49)32-27(45)16-24(42)17-28(32)52-36(38)21-7-12-25(43)26(44)15-21/h1-17,29,33,35,37,39-45,48,50H,18H2/b13-5+,14-6+/t29-,33-,35?,37?,39+/m1/s1. The summed E-state index contributed by atoms with van der Waals surface area (Å²) in [6.45, 7) is -0.699. The molecule has 1 saturated heterocycles. The number of aliphatic hydroxyl groups excluding tert-OH is 2. The van der Waals surface area contributed by atoms with Gasteiger partial charge in [0.05, 0.1) is 0 Å². The minimum absolute atomic E-state index is 0.0130. The molecule has 2 heterocycles. The summed E-state index contributed by atoms with van der Waals surface area (Å²) < 4.78 is 28.2. The molecule has 1 aliphatic rings. The summed E-state index contributed by atoms with van der Waals surface area (Å²) in [5, 5.41) is 81.9. The average Bonchev–Trinajstić information content (AvgIpc) is 3.15. The quantitative estimate of drug-likeness (QED) is 0.0577. The summed E-state index contributed by atoms with van der Waals surface area (Å²) in [5.41, 5.74) is -0.417. The van der Waals surface area contributed by atoms with Gasteiger partial charge in [-0.05, 0) is 65.7 Å². The summed E-state index contributed by atoms with van der Waals surface area (Å²) >= 11 is 0. The van der Waals surface area contributed by atoms with E-state index in [2.05, 4.69) is 0 Å². The number of carbonyl (C=O) groups is 2. The number of phenolic OH excluding ortho intramolecular Hbond substituents is 6. The number of hydrogen-bond donors (Lipinski definition) is 8. The van der Waals surface area contributed by atoms with Crippen LogP contribution in [0.25, 0.3) is 34.4 Å². The van der Waals surface area contributed by atoms with Crippen molar-refractivity contribution in [2.75, 3.05) is 6.61 Å². The van der Waals surface area contributed by atoms with E-state index in [9.17, 15) is 55.2 Å². The molecule has 1 aromatic heterocycles. The number of aromatic hydroxyl groups is 6. The molecule has 1 fully saturated rings. The maximum absolute atomic E-state index is 13.9. The molecule has 55 heavy (non-hydrogen) atoms. The van der Waals surface area contributed by atoms with Crippen LogP contribution >= 0.6 is 0 Å². The molecule has 0 saturated carbocycles. The summed E-state index contributed by atoms with van der Waals surface area (Å²) in [4.78, 5) is 39.5. The van der Waals surface area contributed by atoms with Crippen molar-refractivity contribution in [1.82, 2.24) is 0 Å². The van der Waals surface area contributed by atoms with Crippen molar-refractivity contribution >= 4 is 35.1 Å². The molecule has 0 amide bonds. The molecule has 0 aliphatic carbocycles. The predicted molar refractivity (Wildman–Crippen MR) is 191 cm³/mol. The van der Waals surface area contributed by atoms with Gasteiger partial charge in [-0.25, -0.2) is 9.59 Å². The Kier molecular flexibility index (Phi) is 10.9. The number of phenols is 6. The maximum atomic E-state index is 13.9. The molecule has 16 heteroatoms. The lowest BCUT2D eigenvalue weighted by atomic mass is 9.98. The summed E-state index contributed by atoms with van der Waals surface area (Å²) in [5.74, 6) is -5.47. The smallest absolute Gasteiger partial charge is 0.331 e. The van der Waals surface area contributed by atoms with Crippen LogP contribution in [0.1, 0.15) is 11.1 Å². The normalized spacial score (nSPS) is 19.8. The van der Waals surface area contributed by atoms with Crippen molar-refractivity contribution in [2.24, 2.45) is 0 Å². The van der Waals surface area contributed by atoms with Gasteiger partial charge < -0.3 is 64.2 Å². The molecule has 284 valence electrons. The molecule has 4 aromatic carbocycles. The fraction of sp³-hybridized carbons (Fsp3) is 0.154. The van der Waals surface area contributed by atoms with Crippen molar-refractivity contribution in [1.29, 1.82) is 0 Å². The van der Waals surface area contributed by atoms with Crippen molar-refractivity contribution in [3.8, 4) is 51.6 Å². The Morgan fingerprint density at radius 1 is 0.691 bits per heavy atom. The van der Waals surface area contributed by atoms with Crippen LogP contribution in [-0.2, 0) is 23.8 Å². The maximum Gasteiger partial charge on any atom is 0.331 e. The minimum Gasteiger partial charge on any atom is -0.508 e. The number of esters is 2. The zero-order chi connectivity index (χ0) is 39.4. The average molecular weight is 757 g/mol. The highest BCUT2D eigenvalue weighted by molar-refractivity contribution is 5.89. The Bertz CT molecular complexity index is 2330. The van der Waals surface area contributed by atoms with Crippen molar-refractivity contribution in [3.63, 3.8) is 0 Å². The fourth-order valence-corrected chi connectivity index (χ4v) is 5.51. The van der Waals surface area contributed by atoms with Crippen molar-refractivity contribution < 1.29 is 73.8 Å². The van der Waals surface area contributed by atoms with Crippen LogP contribution < -0.4 is 10.2 Å². The van der Waals surface area contributed by atoms with Gasteiger partial charge in [0.15, 0.2) is 29.5 Å². The third kappa shape index (κ3) is 8.63. The summed E-state index contributed by atoms with van der Waals surface area (Å²) in [7, 11) is 0. The second-order valence-electron chi connectivity index (χ2n) is 12.2. The van der Waals surface area contributed by atoms with E-state index in [1.165, 1.54) is 66.7 Å². The number of fused-ring (bicyclic) bond motifs is 1. The van der Waals surface area contributed by atoms with Gasteiger partial charge in [-0.15, -0.1) is 0 Å². The molecular weight excluding hydrogens is 724 g/mol. The summed E-state index contributed by atoms with van der Waals surface area (Å²) in [6, 6.07) is 16.8. The molecular formula is C39H32O16. The first kappa shape index (κ1) is 37.7. The van der Waals surface area contributed by atoms with Crippen molar-refractivity contribution in [2.45, 2.75) is 30.7 Å². The molecule has 2 unspecified atom stereocenters. The third-order valence-corrected chi connectivity index (χ3v) is 8.28. The molecule has 0 radical (unpaired) electrons. The molecule has 5 aromatic rings. The molecule has 16 nitrogen and oxygen atoms in total. The van der Waals surface area contributed by atoms with Crippen LogP contribution in [0.5, 0.6) is 40.2 Å². The topological polar surface area (TPSA) is 263 Å². The molecule has 1 aliphatic heterocycles. The lowest BCUT2D eigenvalue weighted by Crippen LogP contribution is -2.61. The first-order valence-electron chi connectivity index (χ1n) is 16.3. The monoisotopic (exact) mass is 756 g/mol. The number of carbonyl (C=O) groups excluding carboxylic acids is 2. The SMILES string of the molecule is O=C(/C=C/c1ccc(O)cc1)OC[C@H]1O[C@@H](Oc2c(-c3ccc(O)c(O)c3)oc3cc(O)cc(O)c3c2=O)C(O)C(OC(=O)/C=C/c2ccc(O)cc2)[C@@H]1O. The largest absolute Gasteiger partial charge is 0.508 e. The van der Waals surface area contributed by atoms with Gasteiger partial charge in [-0.3, -0.25) is 4.79 Å². The Morgan fingerprint density at radius 2 is 1.31 bits per heavy atom. The van der Waals surface area contributed by atoms with E-state index in [-0.39, 0.29) is 22.6 Å². The number of hydrogen-bond acceptors (Lipinski definition) is 16. The van der Waals surface area contributed by atoms with Gasteiger partial charge in [0, 0.05) is 29.8 Å². The predicted octanol–water partition coefficient (Wildman–Crippen LogP) is 3.40. The van der Waals surface area contributed by atoms with Gasteiger partial charge in [-0.1, -0.05) is 24.3 Å². The van der Waals surface area contributed by atoms with Crippen LogP contribution in [0.15, 0.2) is 100 Å². The zero-order valence-corrected chi connectivity index (χ0v) is 28.3. The molecule has 0 bridgehead atoms.